The van der Waals surface area contributed by atoms with Gasteiger partial charge >= 0.3 is 6.18 Å². The van der Waals surface area contributed by atoms with Crippen LogP contribution in [0.5, 0.6) is 0 Å². The number of rotatable bonds is 3. The SMILES string of the molecule is CC(=O)N1CC/C=C/c2cnc(N)c3c(-c4ccc(C(=O)Nc5cc(C(F)(F)F)ccn5)cc4)nn(c23)[C@@H]2CCC[C@H](C2)NC(=O)C[C@H]1C. The number of benzene rings is 1. The Hall–Kier alpha value is -5.27. The first-order valence-corrected chi connectivity index (χ1v) is 16.2. The molecule has 1 saturated carbocycles. The van der Waals surface area contributed by atoms with Gasteiger partial charge in [-0.2, -0.15) is 18.3 Å². The standard InChI is InChI=1S/C35H37F3N8O3/c1-20-16-29(48)42-26-7-5-8-27(18-26)46-32-24(6-3-4-15-45(20)21(2)47)19-41-33(39)30(32)31(44-46)22-9-11-23(12-10-22)34(49)43-28-17-25(13-14-40-28)35(36,37)38/h3,6,9-14,17,19-20,26-27H,4-5,7-8,15-16,18H2,1-2H3,(H2,39,41)(H,42,48)(H,40,43,49)/b6-3+/t20-,26-,27-/m1/s1. The average molecular weight is 675 g/mol. The highest BCUT2D eigenvalue weighted by Gasteiger charge is 2.32. The largest absolute Gasteiger partial charge is 0.416 e. The lowest BCUT2D eigenvalue weighted by Gasteiger charge is -2.32. The third-order valence-corrected chi connectivity index (χ3v) is 9.14. The highest BCUT2D eigenvalue weighted by atomic mass is 19.4. The van der Waals surface area contributed by atoms with Crippen LogP contribution in [0.2, 0.25) is 0 Å². The molecule has 3 atom stereocenters. The summed E-state index contributed by atoms with van der Waals surface area (Å²) in [7, 11) is 0. The van der Waals surface area contributed by atoms with E-state index in [4.69, 9.17) is 10.8 Å². The molecule has 1 aromatic carbocycles. The number of hydrogen-bond donors (Lipinski definition) is 3. The van der Waals surface area contributed by atoms with Gasteiger partial charge in [-0.15, -0.1) is 0 Å². The zero-order valence-corrected chi connectivity index (χ0v) is 27.1. The van der Waals surface area contributed by atoms with Crippen LogP contribution in [0, 0.1) is 0 Å². The molecule has 1 fully saturated rings. The summed E-state index contributed by atoms with van der Waals surface area (Å²) in [5.74, 6) is -0.747. The Kier molecular flexibility index (Phi) is 9.39. The first kappa shape index (κ1) is 33.6. The van der Waals surface area contributed by atoms with E-state index in [1.165, 1.54) is 6.92 Å². The summed E-state index contributed by atoms with van der Waals surface area (Å²) < 4.78 is 41.4. The van der Waals surface area contributed by atoms with Gasteiger partial charge in [0.25, 0.3) is 5.91 Å². The van der Waals surface area contributed by atoms with Crippen LogP contribution in [0.3, 0.4) is 0 Å². The third-order valence-electron chi connectivity index (χ3n) is 9.14. The fourth-order valence-corrected chi connectivity index (χ4v) is 6.74. The van der Waals surface area contributed by atoms with Crippen LogP contribution in [-0.2, 0) is 15.8 Å². The number of alkyl halides is 3. The van der Waals surface area contributed by atoms with Crippen molar-refractivity contribution in [3.63, 3.8) is 0 Å². The smallest absolute Gasteiger partial charge is 0.383 e. The Balaban J connectivity index is 1.36. The van der Waals surface area contributed by atoms with Gasteiger partial charge in [0.15, 0.2) is 0 Å². The summed E-state index contributed by atoms with van der Waals surface area (Å²) >= 11 is 0. The molecule has 0 radical (unpaired) electrons. The van der Waals surface area contributed by atoms with Crippen molar-refractivity contribution >= 4 is 46.3 Å². The maximum atomic E-state index is 13.1. The Bertz CT molecular complexity index is 1920. The van der Waals surface area contributed by atoms with E-state index in [0.29, 0.717) is 36.0 Å². The number of fused-ring (bicyclic) bond motifs is 3. The van der Waals surface area contributed by atoms with Crippen molar-refractivity contribution in [2.75, 3.05) is 17.6 Å². The normalized spacial score (nSPS) is 21.0. The molecule has 3 amide bonds. The van der Waals surface area contributed by atoms with E-state index >= 15 is 0 Å². The van der Waals surface area contributed by atoms with Crippen LogP contribution in [0.15, 0.2) is 54.9 Å². The van der Waals surface area contributed by atoms with Crippen molar-refractivity contribution in [2.24, 2.45) is 0 Å². The van der Waals surface area contributed by atoms with Crippen LogP contribution in [0.4, 0.5) is 24.8 Å². The molecule has 4 heterocycles. The van der Waals surface area contributed by atoms with Crippen LogP contribution >= 0.6 is 0 Å². The molecule has 2 bridgehead atoms. The van der Waals surface area contributed by atoms with Crippen molar-refractivity contribution in [1.29, 1.82) is 0 Å². The molecule has 3 aromatic heterocycles. The number of nitrogens with zero attached hydrogens (tertiary/aromatic N) is 5. The second-order valence-corrected chi connectivity index (χ2v) is 12.6. The fourth-order valence-electron chi connectivity index (χ4n) is 6.74. The molecule has 6 rings (SSSR count). The number of carbonyl (C=O) groups excluding carboxylic acids is 3. The molecule has 11 nitrogen and oxygen atoms in total. The maximum Gasteiger partial charge on any atom is 0.416 e. The van der Waals surface area contributed by atoms with E-state index < -0.39 is 17.6 Å². The summed E-state index contributed by atoms with van der Waals surface area (Å²) in [6.45, 7) is 3.85. The molecule has 256 valence electrons. The van der Waals surface area contributed by atoms with Crippen molar-refractivity contribution in [1.82, 2.24) is 30.0 Å². The molecular formula is C35H37F3N8O3. The van der Waals surface area contributed by atoms with E-state index in [-0.39, 0.29) is 53.6 Å². The van der Waals surface area contributed by atoms with Gasteiger partial charge in [0, 0.05) is 61.1 Å². The molecule has 1 aliphatic heterocycles. The molecule has 4 aromatic rings. The van der Waals surface area contributed by atoms with Crippen LogP contribution in [-0.4, -0.2) is 61.0 Å². The lowest BCUT2D eigenvalue weighted by atomic mass is 9.90. The van der Waals surface area contributed by atoms with Gasteiger partial charge < -0.3 is 21.3 Å². The van der Waals surface area contributed by atoms with E-state index in [9.17, 15) is 27.6 Å². The molecule has 0 unspecified atom stereocenters. The number of pyridine rings is 2. The number of anilines is 2. The molecule has 14 heteroatoms. The van der Waals surface area contributed by atoms with Crippen LogP contribution < -0.4 is 16.4 Å². The number of nitrogen functional groups attached to an aromatic ring is 1. The zero-order chi connectivity index (χ0) is 34.9. The van der Waals surface area contributed by atoms with Crippen molar-refractivity contribution in [3.05, 3.63) is 71.6 Å². The molecule has 2 aliphatic rings. The van der Waals surface area contributed by atoms with E-state index in [2.05, 4.69) is 20.6 Å². The number of hydrogen-bond acceptors (Lipinski definition) is 7. The van der Waals surface area contributed by atoms with Crippen molar-refractivity contribution < 1.29 is 27.6 Å². The second kappa shape index (κ2) is 13.7. The number of aromatic nitrogens is 4. The Labute approximate surface area is 280 Å². The Morgan fingerprint density at radius 1 is 1.10 bits per heavy atom. The minimum Gasteiger partial charge on any atom is -0.383 e. The van der Waals surface area contributed by atoms with Gasteiger partial charge in [-0.05, 0) is 63.3 Å². The van der Waals surface area contributed by atoms with Gasteiger partial charge in [-0.1, -0.05) is 24.3 Å². The first-order chi connectivity index (χ1) is 23.4. The highest BCUT2D eigenvalue weighted by Crippen LogP contribution is 2.39. The molecule has 4 N–H and O–H groups in total. The monoisotopic (exact) mass is 674 g/mol. The van der Waals surface area contributed by atoms with Gasteiger partial charge in [-0.25, -0.2) is 9.97 Å². The first-order valence-electron chi connectivity index (χ1n) is 16.2. The van der Waals surface area contributed by atoms with E-state index in [0.717, 1.165) is 48.7 Å². The highest BCUT2D eigenvalue weighted by molar-refractivity contribution is 6.06. The van der Waals surface area contributed by atoms with Crippen LogP contribution in [0.25, 0.3) is 28.2 Å². The van der Waals surface area contributed by atoms with Crippen LogP contribution in [0.1, 0.15) is 79.9 Å². The molecule has 49 heavy (non-hydrogen) atoms. The van der Waals surface area contributed by atoms with Crippen molar-refractivity contribution in [3.8, 4) is 11.3 Å². The quantitative estimate of drug-likeness (QED) is 0.242. The minimum absolute atomic E-state index is 0.0504. The lowest BCUT2D eigenvalue weighted by Crippen LogP contribution is -2.44. The summed E-state index contributed by atoms with van der Waals surface area (Å²) in [4.78, 5) is 48.5. The number of carbonyl (C=O) groups is 3. The fraction of sp³-hybridized carbons (Fsp3) is 0.371. The number of nitrogens with two attached hydrogens (primary N) is 1. The molecule has 0 spiro atoms. The van der Waals surface area contributed by atoms with Gasteiger partial charge in [0.2, 0.25) is 11.8 Å². The summed E-state index contributed by atoms with van der Waals surface area (Å²) in [5, 5.41) is 11.3. The number of amides is 3. The number of halogens is 3. The Morgan fingerprint density at radius 3 is 2.61 bits per heavy atom. The van der Waals surface area contributed by atoms with Gasteiger partial charge in [0.1, 0.15) is 17.3 Å². The third kappa shape index (κ3) is 7.27. The average Bonchev–Trinajstić information content (AvgIpc) is 3.47. The molecule has 1 aliphatic carbocycles. The van der Waals surface area contributed by atoms with Crippen molar-refractivity contribution in [2.45, 2.75) is 76.7 Å². The second-order valence-electron chi connectivity index (χ2n) is 12.6. The topological polar surface area (TPSA) is 148 Å². The molecule has 0 saturated heterocycles. The zero-order valence-electron chi connectivity index (χ0n) is 27.1. The van der Waals surface area contributed by atoms with Gasteiger partial charge in [0.05, 0.1) is 22.5 Å². The summed E-state index contributed by atoms with van der Waals surface area (Å²) in [5.41, 5.74) is 8.62. The lowest BCUT2D eigenvalue weighted by molar-refractivity contribution is -0.137. The summed E-state index contributed by atoms with van der Waals surface area (Å²) in [6, 6.07) is 7.77. The number of nitrogens with one attached hydrogen (secondary N) is 2. The minimum atomic E-state index is -4.57. The summed E-state index contributed by atoms with van der Waals surface area (Å²) in [6.07, 6.45) is 6.02. The predicted molar refractivity (Wildman–Crippen MR) is 179 cm³/mol. The van der Waals surface area contributed by atoms with E-state index in [1.807, 2.05) is 23.8 Å². The van der Waals surface area contributed by atoms with E-state index in [1.54, 1.807) is 35.4 Å². The van der Waals surface area contributed by atoms with Gasteiger partial charge in [-0.3, -0.25) is 19.1 Å². The Morgan fingerprint density at radius 2 is 1.88 bits per heavy atom. The predicted octanol–water partition coefficient (Wildman–Crippen LogP) is 5.99. The maximum absolute atomic E-state index is 13.1. The molecular weight excluding hydrogens is 637 g/mol.